The highest BCUT2D eigenvalue weighted by Crippen LogP contribution is 2.51. The van der Waals surface area contributed by atoms with Crippen LogP contribution in [-0.4, -0.2) is 157 Å². The molecule has 8 aliphatic heterocycles. The normalized spacial score (nSPS) is 33.7. The molecule has 8 heterocycles. The van der Waals surface area contributed by atoms with Gasteiger partial charge in [-0.3, -0.25) is 9.69 Å². The maximum absolute atomic E-state index is 15.6. The molecule has 19 atom stereocenters. The molecular weight excluding hydrogens is 1340 g/mol. The van der Waals surface area contributed by atoms with Crippen LogP contribution in [0.25, 0.3) is 0 Å². The Balaban J connectivity index is 0.975. The maximum Gasteiger partial charge on any atom is 0.412 e. The van der Waals surface area contributed by atoms with Crippen molar-refractivity contribution in [3.05, 3.63) is 158 Å². The minimum absolute atomic E-state index is 0.0353. The topological polar surface area (TPSA) is 139 Å². The van der Waals surface area contributed by atoms with E-state index in [0.29, 0.717) is 51.5 Å². The molecule has 562 valence electrons. The minimum atomic E-state index is -3.42. The summed E-state index contributed by atoms with van der Waals surface area (Å²) in [5.41, 5.74) is 0.589. The van der Waals surface area contributed by atoms with Crippen LogP contribution in [0.1, 0.15) is 181 Å². The summed E-state index contributed by atoms with van der Waals surface area (Å²) < 4.78 is 82.9. The second-order valence-electron chi connectivity index (χ2n) is 35.1. The minimum Gasteiger partial charge on any atom is -0.444 e. The van der Waals surface area contributed by atoms with E-state index in [-0.39, 0.29) is 83.8 Å². The summed E-state index contributed by atoms with van der Waals surface area (Å²) in [6, 6.07) is 46.6. The molecule has 8 aliphatic rings. The standard InChI is InChI=1S/C86H123NO13Si3/c1-19-101(20-2,21-3)98-64-43-42-61-49-57(5)71(90-61)46-44-62-48-56(4)58(6)74(91-62)54-75-70(59(7)73(93-75)53-65-55-87(86(17,18)96-65)82(89)97-83(8,9)10)51-60(88)50-63-45-47-72-77(92-63)81(100-103(85(14,15)16,68-38-30-24-31-39-68)69-40-32-25-33-41-69)80-79(94-72)78(76(52-64)95-80)99-102(84(11,12)13,66-34-26-22-27-35-66)67-36-28-23-29-37-67/h22-43,56,59,61-65,70-81H,5-6,19-21,44-55H2,1-4,7-18H3/b43-42+/t56-,59-,61?,62+,63-,64?,65+,70?,71?,72+,73-,74?,75+,76-,77+,78+,79+,80-,81+/m1/s1. The van der Waals surface area contributed by atoms with Gasteiger partial charge in [-0.15, -0.1) is 0 Å². The lowest BCUT2D eigenvalue weighted by Gasteiger charge is -2.53. The number of Topliss-reactive ketones (excluding diaryl/α,β-unsaturated/α-hetero) is 1. The molecule has 8 bridgehead atoms. The lowest BCUT2D eigenvalue weighted by Crippen LogP contribution is -2.73. The van der Waals surface area contributed by atoms with Crippen LogP contribution >= 0.6 is 0 Å². The van der Waals surface area contributed by atoms with Crippen LogP contribution in [0.4, 0.5) is 4.79 Å². The Morgan fingerprint density at radius 3 is 1.64 bits per heavy atom. The molecule has 0 saturated carbocycles. The third-order valence-electron chi connectivity index (χ3n) is 24.7. The van der Waals surface area contributed by atoms with Crippen molar-refractivity contribution in [1.82, 2.24) is 4.90 Å². The summed E-state index contributed by atoms with van der Waals surface area (Å²) in [6.07, 6.45) is 4.06. The number of carbonyl (C=O) groups excluding carboxylic acids is 2. The van der Waals surface area contributed by atoms with Crippen LogP contribution in [-0.2, 0) is 56.0 Å². The van der Waals surface area contributed by atoms with Crippen molar-refractivity contribution >= 4 is 57.6 Å². The molecular formula is C86H123NO13Si3. The smallest absolute Gasteiger partial charge is 0.412 e. The summed E-state index contributed by atoms with van der Waals surface area (Å²) >= 11 is 0. The van der Waals surface area contributed by atoms with Gasteiger partial charge in [-0.2, -0.15) is 0 Å². The van der Waals surface area contributed by atoms with Crippen molar-refractivity contribution in [3.8, 4) is 0 Å². The zero-order valence-electron chi connectivity index (χ0n) is 64.9. The van der Waals surface area contributed by atoms with Crippen LogP contribution in [0.5, 0.6) is 0 Å². The van der Waals surface area contributed by atoms with Gasteiger partial charge >= 0.3 is 6.09 Å². The molecule has 5 unspecified atom stereocenters. The van der Waals surface area contributed by atoms with Crippen molar-refractivity contribution in [2.75, 3.05) is 6.54 Å². The molecule has 7 fully saturated rings. The van der Waals surface area contributed by atoms with Crippen molar-refractivity contribution in [1.29, 1.82) is 0 Å². The molecule has 1 amide bonds. The molecule has 17 heteroatoms. The fourth-order valence-corrected chi connectivity index (χ4v) is 31.2. The average molecular weight is 1460 g/mol. The Kier molecular flexibility index (Phi) is 23.8. The Labute approximate surface area is 620 Å². The molecule has 0 spiro atoms. The fraction of sp³-hybridized carbons (Fsp3) is 0.628. The van der Waals surface area contributed by atoms with Crippen LogP contribution in [0.3, 0.4) is 0 Å². The van der Waals surface area contributed by atoms with Crippen molar-refractivity contribution in [2.24, 2.45) is 17.8 Å². The highest BCUT2D eigenvalue weighted by Gasteiger charge is 2.65. The van der Waals surface area contributed by atoms with Crippen LogP contribution in [0.2, 0.25) is 28.2 Å². The first kappa shape index (κ1) is 77.9. The second-order valence-corrected chi connectivity index (χ2v) is 48.3. The van der Waals surface area contributed by atoms with Crippen molar-refractivity contribution < 1.29 is 60.8 Å². The molecule has 0 aliphatic carbocycles. The van der Waals surface area contributed by atoms with E-state index in [0.717, 1.165) is 58.9 Å². The number of ketones is 1. The molecule has 4 aromatic carbocycles. The molecule has 14 nitrogen and oxygen atoms in total. The fourth-order valence-electron chi connectivity index (χ4n) is 19.0. The van der Waals surface area contributed by atoms with E-state index in [1.54, 1.807) is 4.90 Å². The Morgan fingerprint density at radius 2 is 1.10 bits per heavy atom. The van der Waals surface area contributed by atoms with Gasteiger partial charge in [-0.25, -0.2) is 4.79 Å². The first-order valence-electron chi connectivity index (χ1n) is 39.3. The van der Waals surface area contributed by atoms with Gasteiger partial charge in [0.15, 0.2) is 8.32 Å². The van der Waals surface area contributed by atoms with Gasteiger partial charge in [0, 0.05) is 38.5 Å². The van der Waals surface area contributed by atoms with E-state index >= 15 is 4.79 Å². The second kappa shape index (κ2) is 31.5. The van der Waals surface area contributed by atoms with E-state index < -0.39 is 96.2 Å². The Morgan fingerprint density at radius 1 is 0.563 bits per heavy atom. The molecule has 4 aromatic rings. The molecule has 0 aromatic heterocycles. The summed E-state index contributed by atoms with van der Waals surface area (Å²) in [7, 11) is -9.09. The van der Waals surface area contributed by atoms with Crippen LogP contribution in [0, 0.1) is 17.8 Å². The van der Waals surface area contributed by atoms with Crippen LogP contribution < -0.4 is 20.7 Å². The van der Waals surface area contributed by atoms with Crippen molar-refractivity contribution in [3.63, 3.8) is 0 Å². The van der Waals surface area contributed by atoms with Gasteiger partial charge in [0.1, 0.15) is 47.6 Å². The van der Waals surface area contributed by atoms with Crippen molar-refractivity contribution in [2.45, 2.75) is 319 Å². The van der Waals surface area contributed by atoms with Gasteiger partial charge in [0.2, 0.25) is 0 Å². The number of nitrogens with zero attached hydrogens (tertiary/aromatic N) is 1. The van der Waals surface area contributed by atoms with Crippen LogP contribution in [0.15, 0.2) is 158 Å². The van der Waals surface area contributed by atoms with E-state index in [1.165, 1.54) is 10.4 Å². The first-order chi connectivity index (χ1) is 48.9. The number of hydrogen-bond acceptors (Lipinski definition) is 13. The maximum atomic E-state index is 15.6. The monoisotopic (exact) mass is 1460 g/mol. The van der Waals surface area contributed by atoms with Gasteiger partial charge in [0.05, 0.1) is 73.7 Å². The molecule has 0 radical (unpaired) electrons. The number of carbonyl (C=O) groups is 2. The molecule has 7 saturated heterocycles. The number of ether oxygens (including phenoxy) is 8. The van der Waals surface area contributed by atoms with E-state index in [2.05, 4.69) is 216 Å². The Bertz CT molecular complexity index is 3470. The van der Waals surface area contributed by atoms with Gasteiger partial charge in [0.25, 0.3) is 16.6 Å². The van der Waals surface area contributed by atoms with Gasteiger partial charge in [-0.05, 0) is 145 Å². The number of benzene rings is 4. The number of hydrogen-bond donors (Lipinski definition) is 0. The average Bonchev–Trinajstić information content (AvgIpc) is 1.69. The van der Waals surface area contributed by atoms with Gasteiger partial charge < -0.3 is 51.2 Å². The molecule has 103 heavy (non-hydrogen) atoms. The van der Waals surface area contributed by atoms with E-state index in [1.807, 2.05) is 34.6 Å². The largest absolute Gasteiger partial charge is 0.444 e. The SMILES string of the molecule is C=C1CC2/C=C/C(O[Si](CC)(CC)CC)C[C@H]3O[C@H]4[C@@H](O[Si](c5ccccc5)(c5ccccc5)C(C)(C)C)[C@H]5O[C@H](CC[C@@H]5O[C@H]4[C@H]3O[Si](c3ccccc3)(c3ccccc3)C(C)(C)C)CC(=O)CC3[C@H](CC4O[C@@H](CCC1O2)C[C@@H](C)C4=C)O[C@H](C[C@H]1CN(C(=O)OC(C)(C)C)C(C)(C)O1)[C@@H]3C. The number of rotatable bonds is 15. The van der Waals surface area contributed by atoms with Gasteiger partial charge in [-0.1, -0.05) is 223 Å². The highest BCUT2D eigenvalue weighted by molar-refractivity contribution is 7.00. The summed E-state index contributed by atoms with van der Waals surface area (Å²) in [6.45, 7) is 44.7. The number of amides is 1. The summed E-state index contributed by atoms with van der Waals surface area (Å²) in [4.78, 5) is 31.0. The predicted octanol–water partition coefficient (Wildman–Crippen LogP) is 15.7. The third kappa shape index (κ3) is 16.4. The number of fused-ring (bicyclic) bond motifs is 7. The quantitative estimate of drug-likeness (QED) is 0.0825. The predicted molar refractivity (Wildman–Crippen MR) is 416 cm³/mol. The lowest BCUT2D eigenvalue weighted by molar-refractivity contribution is -0.254. The Hall–Kier alpha value is -4.71. The lowest BCUT2D eigenvalue weighted by atomic mass is 9.78. The first-order valence-corrected chi connectivity index (χ1v) is 45.7. The van der Waals surface area contributed by atoms with E-state index in [9.17, 15) is 4.79 Å². The zero-order valence-corrected chi connectivity index (χ0v) is 67.9. The van der Waals surface area contributed by atoms with E-state index in [4.69, 9.17) is 57.8 Å². The third-order valence-corrected chi connectivity index (χ3v) is 39.4. The molecule has 0 N–H and O–H groups in total. The zero-order chi connectivity index (χ0) is 73.6. The summed E-state index contributed by atoms with van der Waals surface area (Å²) in [5.74, 6) is 0.144. The molecule has 12 rings (SSSR count). The summed E-state index contributed by atoms with van der Waals surface area (Å²) in [5, 5.41) is 3.84. The highest BCUT2D eigenvalue weighted by atomic mass is 28.4.